The molecule has 3 rings (SSSR count). The second-order valence-electron chi connectivity index (χ2n) is 5.67. The van der Waals surface area contributed by atoms with E-state index in [-0.39, 0.29) is 11.5 Å². The van der Waals surface area contributed by atoms with Crippen LogP contribution in [0.15, 0.2) is 66.7 Å². The summed E-state index contributed by atoms with van der Waals surface area (Å²) in [6, 6.07) is 20.1. The van der Waals surface area contributed by atoms with E-state index < -0.39 is 12.0 Å². The molecule has 0 heterocycles. The Kier molecular flexibility index (Phi) is 4.66. The molecule has 1 unspecified atom stereocenters. The first-order valence-electron chi connectivity index (χ1n) is 7.90. The van der Waals surface area contributed by atoms with Gasteiger partial charge in [0.1, 0.15) is 5.75 Å². The molecule has 0 aliphatic heterocycles. The van der Waals surface area contributed by atoms with Gasteiger partial charge in [0.15, 0.2) is 6.10 Å². The minimum absolute atomic E-state index is 0.258. The van der Waals surface area contributed by atoms with Crippen LogP contribution in [0.1, 0.15) is 17.3 Å². The third-order valence-electron chi connectivity index (χ3n) is 3.85. The van der Waals surface area contributed by atoms with Crippen molar-refractivity contribution in [2.75, 3.05) is 5.32 Å². The Bertz CT molecular complexity index is 937. The lowest BCUT2D eigenvalue weighted by molar-refractivity contribution is -0.122. The lowest BCUT2D eigenvalue weighted by atomic mass is 10.1. The second kappa shape index (κ2) is 7.05. The topological polar surface area (TPSA) is 81.4 Å². The van der Waals surface area contributed by atoms with E-state index in [0.717, 1.165) is 10.8 Å². The maximum Gasteiger partial charge on any atom is 0.265 e. The Morgan fingerprint density at radius 3 is 2.40 bits per heavy atom. The van der Waals surface area contributed by atoms with Crippen molar-refractivity contribution in [3.05, 3.63) is 72.3 Å². The van der Waals surface area contributed by atoms with E-state index in [1.165, 1.54) is 0 Å². The van der Waals surface area contributed by atoms with Crippen molar-refractivity contribution in [2.24, 2.45) is 5.73 Å². The van der Waals surface area contributed by atoms with Crippen LogP contribution in [-0.2, 0) is 4.79 Å². The quantitative estimate of drug-likeness (QED) is 0.751. The Hall–Kier alpha value is -3.34. The number of para-hydroxylation sites is 1. The Morgan fingerprint density at radius 1 is 0.960 bits per heavy atom. The fourth-order valence-electron chi connectivity index (χ4n) is 2.54. The normalized spacial score (nSPS) is 11.7. The molecule has 3 aromatic carbocycles. The van der Waals surface area contributed by atoms with Crippen LogP contribution in [0, 0.1) is 0 Å². The number of benzene rings is 3. The van der Waals surface area contributed by atoms with Crippen molar-refractivity contribution in [3.8, 4) is 5.75 Å². The summed E-state index contributed by atoms with van der Waals surface area (Å²) in [6.45, 7) is 1.65. The number of ether oxygens (including phenoxy) is 1. The SMILES string of the molecule is CC(Oc1ccc2ccccc2c1)C(=O)Nc1ccccc1C(N)=O. The van der Waals surface area contributed by atoms with Crippen LogP contribution < -0.4 is 15.8 Å². The van der Waals surface area contributed by atoms with Gasteiger partial charge in [0.2, 0.25) is 0 Å². The molecule has 25 heavy (non-hydrogen) atoms. The summed E-state index contributed by atoms with van der Waals surface area (Å²) in [6.07, 6.45) is -0.734. The van der Waals surface area contributed by atoms with Crippen LogP contribution >= 0.6 is 0 Å². The third-order valence-corrected chi connectivity index (χ3v) is 3.85. The smallest absolute Gasteiger partial charge is 0.265 e. The first-order chi connectivity index (χ1) is 12.0. The first-order valence-corrected chi connectivity index (χ1v) is 7.90. The fourth-order valence-corrected chi connectivity index (χ4v) is 2.54. The molecular formula is C20H18N2O3. The van der Waals surface area contributed by atoms with Crippen LogP contribution in [0.3, 0.4) is 0 Å². The molecule has 0 aliphatic rings. The monoisotopic (exact) mass is 334 g/mol. The number of hydrogen-bond donors (Lipinski definition) is 2. The van der Waals surface area contributed by atoms with E-state index in [9.17, 15) is 9.59 Å². The zero-order chi connectivity index (χ0) is 17.8. The van der Waals surface area contributed by atoms with Crippen molar-refractivity contribution in [1.82, 2.24) is 0 Å². The van der Waals surface area contributed by atoms with E-state index in [0.29, 0.717) is 11.4 Å². The Balaban J connectivity index is 1.73. The number of primary amides is 1. The predicted octanol–water partition coefficient (Wildman–Crippen LogP) is 3.34. The molecule has 0 aromatic heterocycles. The zero-order valence-electron chi connectivity index (χ0n) is 13.7. The molecule has 126 valence electrons. The maximum atomic E-state index is 12.4. The molecule has 0 saturated carbocycles. The average Bonchev–Trinajstić information content (AvgIpc) is 2.61. The van der Waals surface area contributed by atoms with E-state index in [1.807, 2.05) is 42.5 Å². The number of carbonyl (C=O) groups excluding carboxylic acids is 2. The molecular weight excluding hydrogens is 316 g/mol. The largest absolute Gasteiger partial charge is 0.481 e. The molecule has 5 nitrogen and oxygen atoms in total. The van der Waals surface area contributed by atoms with Gasteiger partial charge in [0, 0.05) is 0 Å². The molecule has 3 N–H and O–H groups in total. The number of amides is 2. The van der Waals surface area contributed by atoms with Crippen molar-refractivity contribution < 1.29 is 14.3 Å². The van der Waals surface area contributed by atoms with Crippen molar-refractivity contribution >= 4 is 28.3 Å². The van der Waals surface area contributed by atoms with Crippen LogP contribution in [-0.4, -0.2) is 17.9 Å². The van der Waals surface area contributed by atoms with Gasteiger partial charge < -0.3 is 15.8 Å². The van der Waals surface area contributed by atoms with E-state index >= 15 is 0 Å². The summed E-state index contributed by atoms with van der Waals surface area (Å²) in [5.74, 6) is -0.356. The molecule has 0 bridgehead atoms. The van der Waals surface area contributed by atoms with Gasteiger partial charge in [-0.15, -0.1) is 0 Å². The van der Waals surface area contributed by atoms with Crippen molar-refractivity contribution in [1.29, 1.82) is 0 Å². The second-order valence-corrected chi connectivity index (χ2v) is 5.67. The Labute approximate surface area is 145 Å². The van der Waals surface area contributed by atoms with Crippen molar-refractivity contribution in [3.63, 3.8) is 0 Å². The number of hydrogen-bond acceptors (Lipinski definition) is 3. The summed E-state index contributed by atoms with van der Waals surface area (Å²) in [5.41, 5.74) is 5.95. The number of anilines is 1. The molecule has 0 spiro atoms. The highest BCUT2D eigenvalue weighted by atomic mass is 16.5. The first kappa shape index (κ1) is 16.5. The van der Waals surface area contributed by atoms with Gasteiger partial charge in [-0.05, 0) is 42.0 Å². The van der Waals surface area contributed by atoms with Gasteiger partial charge in [-0.3, -0.25) is 9.59 Å². The molecule has 0 aliphatic carbocycles. The molecule has 5 heteroatoms. The molecule has 2 amide bonds. The minimum atomic E-state index is -0.734. The maximum absolute atomic E-state index is 12.4. The lowest BCUT2D eigenvalue weighted by Crippen LogP contribution is -2.31. The predicted molar refractivity (Wildman–Crippen MR) is 97.6 cm³/mol. The molecule has 0 saturated heterocycles. The van der Waals surface area contributed by atoms with Crippen LogP contribution in [0.5, 0.6) is 5.75 Å². The number of rotatable bonds is 5. The minimum Gasteiger partial charge on any atom is -0.481 e. The average molecular weight is 334 g/mol. The fraction of sp³-hybridized carbons (Fsp3) is 0.100. The number of carbonyl (C=O) groups is 2. The van der Waals surface area contributed by atoms with E-state index in [4.69, 9.17) is 10.5 Å². The summed E-state index contributed by atoms with van der Waals surface area (Å²) in [7, 11) is 0. The number of nitrogens with one attached hydrogen (secondary N) is 1. The van der Waals surface area contributed by atoms with Crippen LogP contribution in [0.2, 0.25) is 0 Å². The van der Waals surface area contributed by atoms with Gasteiger partial charge in [-0.25, -0.2) is 0 Å². The standard InChI is InChI=1S/C20H18N2O3/c1-13(20(24)22-18-9-5-4-8-17(18)19(21)23)25-16-11-10-14-6-2-3-7-15(14)12-16/h2-13H,1H3,(H2,21,23)(H,22,24). The van der Waals surface area contributed by atoms with Gasteiger partial charge in [-0.1, -0.05) is 42.5 Å². The highest BCUT2D eigenvalue weighted by Gasteiger charge is 2.17. The highest BCUT2D eigenvalue weighted by molar-refractivity contribution is 6.04. The third kappa shape index (κ3) is 3.77. The van der Waals surface area contributed by atoms with E-state index in [1.54, 1.807) is 31.2 Å². The van der Waals surface area contributed by atoms with Crippen molar-refractivity contribution in [2.45, 2.75) is 13.0 Å². The molecule has 0 fully saturated rings. The Morgan fingerprint density at radius 2 is 1.64 bits per heavy atom. The van der Waals surface area contributed by atoms with Gasteiger partial charge in [-0.2, -0.15) is 0 Å². The number of fused-ring (bicyclic) bond motifs is 1. The van der Waals surface area contributed by atoms with Gasteiger partial charge >= 0.3 is 0 Å². The summed E-state index contributed by atoms with van der Waals surface area (Å²) < 4.78 is 5.73. The lowest BCUT2D eigenvalue weighted by Gasteiger charge is -2.16. The highest BCUT2D eigenvalue weighted by Crippen LogP contribution is 2.22. The number of nitrogens with two attached hydrogens (primary N) is 1. The molecule has 0 radical (unpaired) electrons. The van der Waals surface area contributed by atoms with Crippen LogP contribution in [0.25, 0.3) is 10.8 Å². The van der Waals surface area contributed by atoms with Gasteiger partial charge in [0.25, 0.3) is 11.8 Å². The molecule has 1 atom stereocenters. The van der Waals surface area contributed by atoms with Crippen LogP contribution in [0.4, 0.5) is 5.69 Å². The van der Waals surface area contributed by atoms with Gasteiger partial charge in [0.05, 0.1) is 11.3 Å². The molecule has 3 aromatic rings. The summed E-state index contributed by atoms with van der Waals surface area (Å²) >= 11 is 0. The van der Waals surface area contributed by atoms with E-state index in [2.05, 4.69) is 5.32 Å². The summed E-state index contributed by atoms with van der Waals surface area (Å²) in [4.78, 5) is 23.8. The summed E-state index contributed by atoms with van der Waals surface area (Å²) in [5, 5.41) is 4.82. The zero-order valence-corrected chi connectivity index (χ0v) is 13.7.